The highest BCUT2D eigenvalue weighted by Gasteiger charge is 2.18. The van der Waals surface area contributed by atoms with Crippen LogP contribution >= 0.6 is 0 Å². The molecule has 3 heteroatoms. The summed E-state index contributed by atoms with van der Waals surface area (Å²) in [5, 5.41) is 10.6. The van der Waals surface area contributed by atoms with Gasteiger partial charge in [0.15, 0.2) is 0 Å². The Morgan fingerprint density at radius 3 is 2.78 bits per heavy atom. The zero-order chi connectivity index (χ0) is 12.5. The highest BCUT2D eigenvalue weighted by atomic mass is 16.3. The normalized spacial score (nSPS) is 18.3. The quantitative estimate of drug-likeness (QED) is 0.835. The lowest BCUT2D eigenvalue weighted by Gasteiger charge is -2.29. The topological polar surface area (TPSA) is 36.4 Å². The number of benzene rings is 1. The molecule has 0 saturated carbocycles. The largest absolute Gasteiger partial charge is 0.508 e. The molecule has 0 spiro atoms. The second-order valence-corrected chi connectivity index (χ2v) is 5.22. The van der Waals surface area contributed by atoms with Crippen molar-refractivity contribution in [1.29, 1.82) is 0 Å². The van der Waals surface area contributed by atoms with E-state index in [1.165, 1.54) is 18.4 Å². The molecule has 1 aliphatic rings. The first-order valence-corrected chi connectivity index (χ1v) is 6.49. The molecule has 1 saturated heterocycles. The van der Waals surface area contributed by atoms with Gasteiger partial charge in [-0.25, -0.2) is 0 Å². The molecule has 0 radical (unpaired) electrons. The van der Waals surface area contributed by atoms with E-state index in [4.69, 9.17) is 0 Å². The van der Waals surface area contributed by atoms with Crippen LogP contribution in [0.3, 0.4) is 0 Å². The maximum absolute atomic E-state index is 9.53. The van der Waals surface area contributed by atoms with E-state index in [1.54, 1.807) is 12.1 Å². The van der Waals surface area contributed by atoms with Crippen molar-refractivity contribution in [3.63, 3.8) is 0 Å². The van der Waals surface area contributed by atoms with E-state index in [0.717, 1.165) is 24.0 Å². The van der Waals surface area contributed by atoms with Gasteiger partial charge in [-0.15, -0.1) is 0 Å². The molecule has 0 aliphatic carbocycles. The van der Waals surface area contributed by atoms with Crippen molar-refractivity contribution >= 4 is 10.9 Å². The minimum absolute atomic E-state index is 0.310. The Morgan fingerprint density at radius 2 is 2.00 bits per heavy atom. The number of aromatic nitrogens is 1. The molecular weight excluding hydrogens is 224 g/mol. The molecule has 3 nitrogen and oxygen atoms in total. The molecule has 1 aromatic carbocycles. The molecule has 2 aromatic rings. The van der Waals surface area contributed by atoms with Crippen LogP contribution in [0.5, 0.6) is 5.75 Å². The average molecular weight is 242 g/mol. The lowest BCUT2D eigenvalue weighted by Crippen LogP contribution is -2.29. The summed E-state index contributed by atoms with van der Waals surface area (Å²) in [4.78, 5) is 6.86. The summed E-state index contributed by atoms with van der Waals surface area (Å²) < 4.78 is 0. The van der Waals surface area contributed by atoms with Gasteiger partial charge in [-0.3, -0.25) is 4.98 Å². The van der Waals surface area contributed by atoms with Crippen molar-refractivity contribution in [3.8, 4) is 5.75 Å². The first-order chi connectivity index (χ1) is 8.72. The second-order valence-electron chi connectivity index (χ2n) is 5.22. The first kappa shape index (κ1) is 11.5. The van der Waals surface area contributed by atoms with Gasteiger partial charge in [0, 0.05) is 11.6 Å². The Bertz CT molecular complexity index is 559. The Labute approximate surface area is 107 Å². The van der Waals surface area contributed by atoms with Crippen molar-refractivity contribution in [2.75, 3.05) is 20.1 Å². The molecule has 1 aromatic heterocycles. The molecule has 3 rings (SSSR count). The van der Waals surface area contributed by atoms with E-state index in [0.29, 0.717) is 11.7 Å². The van der Waals surface area contributed by atoms with E-state index >= 15 is 0 Å². The third-order valence-electron chi connectivity index (χ3n) is 3.88. The van der Waals surface area contributed by atoms with Crippen LogP contribution in [0.15, 0.2) is 30.5 Å². The molecule has 0 unspecified atom stereocenters. The van der Waals surface area contributed by atoms with E-state index in [-0.39, 0.29) is 0 Å². The van der Waals surface area contributed by atoms with Gasteiger partial charge in [0.2, 0.25) is 0 Å². The molecule has 0 bridgehead atoms. The second kappa shape index (κ2) is 4.58. The molecule has 18 heavy (non-hydrogen) atoms. The maximum Gasteiger partial charge on any atom is 0.116 e. The van der Waals surface area contributed by atoms with E-state index in [9.17, 15) is 5.11 Å². The van der Waals surface area contributed by atoms with Crippen molar-refractivity contribution < 1.29 is 5.11 Å². The van der Waals surface area contributed by atoms with E-state index in [2.05, 4.69) is 23.0 Å². The summed E-state index contributed by atoms with van der Waals surface area (Å²) in [6.45, 7) is 2.31. The number of aromatic hydroxyl groups is 1. The number of hydrogen-bond acceptors (Lipinski definition) is 3. The van der Waals surface area contributed by atoms with Crippen LogP contribution in [0.25, 0.3) is 10.9 Å². The first-order valence-electron chi connectivity index (χ1n) is 6.49. The van der Waals surface area contributed by atoms with Gasteiger partial charge in [0.25, 0.3) is 0 Å². The fraction of sp³-hybridized carbons (Fsp3) is 0.400. The Hall–Kier alpha value is -1.61. The van der Waals surface area contributed by atoms with Crippen LogP contribution in [0, 0.1) is 0 Å². The number of likely N-dealkylation sites (tertiary alicyclic amines) is 1. The van der Waals surface area contributed by atoms with Gasteiger partial charge < -0.3 is 10.0 Å². The van der Waals surface area contributed by atoms with Crippen molar-refractivity contribution in [2.24, 2.45) is 0 Å². The lowest BCUT2D eigenvalue weighted by molar-refractivity contribution is 0.255. The fourth-order valence-electron chi connectivity index (χ4n) is 2.70. The number of nitrogens with zero attached hydrogens (tertiary/aromatic N) is 2. The van der Waals surface area contributed by atoms with Crippen molar-refractivity contribution in [2.45, 2.75) is 18.8 Å². The Morgan fingerprint density at radius 1 is 1.22 bits per heavy atom. The smallest absolute Gasteiger partial charge is 0.116 e. The van der Waals surface area contributed by atoms with Crippen molar-refractivity contribution in [1.82, 2.24) is 9.88 Å². The van der Waals surface area contributed by atoms with Crippen LogP contribution in [-0.4, -0.2) is 35.1 Å². The number of hydrogen-bond donors (Lipinski definition) is 1. The number of pyridine rings is 1. The number of rotatable bonds is 1. The molecule has 0 atom stereocenters. The molecule has 1 fully saturated rings. The predicted octanol–water partition coefficient (Wildman–Crippen LogP) is 2.75. The number of fused-ring (bicyclic) bond motifs is 1. The van der Waals surface area contributed by atoms with Gasteiger partial charge >= 0.3 is 0 Å². The van der Waals surface area contributed by atoms with E-state index < -0.39 is 0 Å². The number of phenolic OH excluding ortho intramolecular Hbond substituents is 1. The Kier molecular flexibility index (Phi) is 2.92. The molecule has 0 amide bonds. The molecule has 1 aliphatic heterocycles. The SMILES string of the molecule is CN1CCC(c2cnc3ccc(O)cc3c2)CC1. The Balaban J connectivity index is 1.92. The standard InChI is InChI=1S/C15H18N2O/c1-17-6-4-11(5-7-17)13-8-12-9-14(18)2-3-15(12)16-10-13/h2-3,8-11,18H,4-7H2,1H3. The minimum Gasteiger partial charge on any atom is -0.508 e. The predicted molar refractivity (Wildman–Crippen MR) is 72.9 cm³/mol. The molecule has 1 N–H and O–H groups in total. The highest BCUT2D eigenvalue weighted by Crippen LogP contribution is 2.29. The van der Waals surface area contributed by atoms with Gasteiger partial charge in [-0.05, 0) is 68.7 Å². The van der Waals surface area contributed by atoms with Gasteiger partial charge in [0.1, 0.15) is 5.75 Å². The van der Waals surface area contributed by atoms with Crippen LogP contribution in [-0.2, 0) is 0 Å². The summed E-state index contributed by atoms with van der Waals surface area (Å²) in [5.41, 5.74) is 2.26. The summed E-state index contributed by atoms with van der Waals surface area (Å²) in [6, 6.07) is 7.52. The van der Waals surface area contributed by atoms with Crippen LogP contribution < -0.4 is 0 Å². The third-order valence-corrected chi connectivity index (χ3v) is 3.88. The summed E-state index contributed by atoms with van der Waals surface area (Å²) >= 11 is 0. The summed E-state index contributed by atoms with van der Waals surface area (Å²) in [6.07, 6.45) is 4.39. The maximum atomic E-state index is 9.53. The monoisotopic (exact) mass is 242 g/mol. The average Bonchev–Trinajstić information content (AvgIpc) is 2.38. The third kappa shape index (κ3) is 2.18. The van der Waals surface area contributed by atoms with Crippen molar-refractivity contribution in [3.05, 3.63) is 36.0 Å². The number of phenols is 1. The fourth-order valence-corrected chi connectivity index (χ4v) is 2.70. The zero-order valence-electron chi connectivity index (χ0n) is 10.6. The highest BCUT2D eigenvalue weighted by molar-refractivity contribution is 5.80. The molecule has 94 valence electrons. The summed E-state index contributed by atoms with van der Waals surface area (Å²) in [5.74, 6) is 0.922. The zero-order valence-corrected chi connectivity index (χ0v) is 10.6. The van der Waals surface area contributed by atoms with Gasteiger partial charge in [-0.2, -0.15) is 0 Å². The van der Waals surface area contributed by atoms with Crippen LogP contribution in [0.4, 0.5) is 0 Å². The van der Waals surface area contributed by atoms with Crippen LogP contribution in [0.2, 0.25) is 0 Å². The van der Waals surface area contributed by atoms with E-state index in [1.807, 2.05) is 12.3 Å². The minimum atomic E-state index is 0.310. The molecule has 2 heterocycles. The summed E-state index contributed by atoms with van der Waals surface area (Å²) in [7, 11) is 2.17. The van der Waals surface area contributed by atoms with Gasteiger partial charge in [-0.1, -0.05) is 0 Å². The number of piperidine rings is 1. The van der Waals surface area contributed by atoms with Crippen LogP contribution in [0.1, 0.15) is 24.3 Å². The van der Waals surface area contributed by atoms with Gasteiger partial charge in [0.05, 0.1) is 5.52 Å². The molecular formula is C15H18N2O. The lowest BCUT2D eigenvalue weighted by atomic mass is 9.90.